The van der Waals surface area contributed by atoms with Gasteiger partial charge >= 0.3 is 0 Å². The van der Waals surface area contributed by atoms with Gasteiger partial charge in [0.1, 0.15) is 6.54 Å². The number of nitrogens with zero attached hydrogens (tertiary/aromatic N) is 2. The van der Waals surface area contributed by atoms with Crippen LogP contribution >= 0.6 is 0 Å². The molecule has 2 amide bonds. The molecule has 1 heterocycles. The lowest BCUT2D eigenvalue weighted by Gasteiger charge is -2.20. The van der Waals surface area contributed by atoms with Crippen molar-refractivity contribution in [3.05, 3.63) is 24.3 Å². The van der Waals surface area contributed by atoms with E-state index in [1.54, 1.807) is 18.2 Å². The number of carbonyl (C=O) groups is 2. The number of aromatic hydroxyl groups is 1. The highest BCUT2D eigenvalue weighted by Crippen LogP contribution is 2.35. The fraction of sp³-hybridized carbons (Fsp3) is 0.412. The molecule has 7 heteroatoms. The van der Waals surface area contributed by atoms with Crippen molar-refractivity contribution in [2.75, 3.05) is 6.54 Å². The number of H-pyrrole nitrogens is 1. The van der Waals surface area contributed by atoms with Crippen molar-refractivity contribution in [1.29, 1.82) is 0 Å². The zero-order chi connectivity index (χ0) is 16.9. The summed E-state index contributed by atoms with van der Waals surface area (Å²) in [7, 11) is 0. The van der Waals surface area contributed by atoms with Crippen molar-refractivity contribution in [3.63, 3.8) is 0 Å². The molecular weight excluding hydrogens is 308 g/mol. The maximum Gasteiger partial charge on any atom is 0.283 e. The Morgan fingerprint density at radius 2 is 1.96 bits per heavy atom. The molecule has 0 saturated heterocycles. The van der Waals surface area contributed by atoms with Crippen LogP contribution in [-0.4, -0.2) is 28.4 Å². The third-order valence-electron chi connectivity index (χ3n) is 4.31. The van der Waals surface area contributed by atoms with Crippen LogP contribution in [0.2, 0.25) is 0 Å². The van der Waals surface area contributed by atoms with Crippen molar-refractivity contribution >= 4 is 28.4 Å². The molecule has 24 heavy (non-hydrogen) atoms. The summed E-state index contributed by atoms with van der Waals surface area (Å²) in [6.07, 6.45) is 5.05. The number of nitrogens with one attached hydrogen (secondary N) is 2. The molecule has 0 bridgehead atoms. The Balaban J connectivity index is 1.58. The molecule has 1 saturated carbocycles. The monoisotopic (exact) mass is 328 g/mol. The van der Waals surface area contributed by atoms with E-state index in [2.05, 4.69) is 20.5 Å². The zero-order valence-electron chi connectivity index (χ0n) is 13.3. The van der Waals surface area contributed by atoms with Crippen LogP contribution in [0.5, 0.6) is 5.88 Å². The van der Waals surface area contributed by atoms with Crippen molar-refractivity contribution in [1.82, 2.24) is 10.3 Å². The predicted molar refractivity (Wildman–Crippen MR) is 89.1 cm³/mol. The largest absolute Gasteiger partial charge is 0.493 e. The fourth-order valence-corrected chi connectivity index (χ4v) is 3.03. The minimum Gasteiger partial charge on any atom is -0.493 e. The number of benzene rings is 1. The van der Waals surface area contributed by atoms with Gasteiger partial charge in [-0.15, -0.1) is 10.2 Å². The Labute approximate surface area is 139 Å². The Kier molecular flexibility index (Phi) is 4.88. The third kappa shape index (κ3) is 3.61. The van der Waals surface area contributed by atoms with Crippen molar-refractivity contribution in [2.24, 2.45) is 16.1 Å². The molecular formula is C17H20N4O3. The van der Waals surface area contributed by atoms with Gasteiger partial charge < -0.3 is 15.4 Å². The summed E-state index contributed by atoms with van der Waals surface area (Å²) in [4.78, 5) is 26.6. The Morgan fingerprint density at radius 1 is 1.21 bits per heavy atom. The number of aromatic amines is 1. The second kappa shape index (κ2) is 7.25. The molecule has 2 aromatic rings. The quantitative estimate of drug-likeness (QED) is 0.750. The third-order valence-corrected chi connectivity index (χ3v) is 4.31. The summed E-state index contributed by atoms with van der Waals surface area (Å²) in [6.45, 7) is -0.179. The Morgan fingerprint density at radius 3 is 2.75 bits per heavy atom. The van der Waals surface area contributed by atoms with Crippen LogP contribution in [0.15, 0.2) is 34.5 Å². The maximum atomic E-state index is 12.0. The molecule has 7 nitrogen and oxygen atoms in total. The smallest absolute Gasteiger partial charge is 0.283 e. The summed E-state index contributed by atoms with van der Waals surface area (Å²) in [5.74, 6) is -0.780. The summed E-state index contributed by atoms with van der Waals surface area (Å²) in [5.41, 5.74) is 0.930. The zero-order valence-corrected chi connectivity index (χ0v) is 13.3. The van der Waals surface area contributed by atoms with E-state index < -0.39 is 5.91 Å². The van der Waals surface area contributed by atoms with E-state index in [9.17, 15) is 14.7 Å². The molecule has 1 aliphatic rings. The van der Waals surface area contributed by atoms with Gasteiger partial charge in [0.25, 0.3) is 5.91 Å². The second-order valence-electron chi connectivity index (χ2n) is 6.01. The molecule has 1 fully saturated rings. The van der Waals surface area contributed by atoms with Crippen LogP contribution in [0.3, 0.4) is 0 Å². The maximum absolute atomic E-state index is 12.0. The molecule has 126 valence electrons. The molecule has 3 rings (SSSR count). The molecule has 0 spiro atoms. The predicted octanol–water partition coefficient (Wildman–Crippen LogP) is 3.18. The highest BCUT2D eigenvalue weighted by atomic mass is 16.3. The lowest BCUT2D eigenvalue weighted by atomic mass is 9.89. The van der Waals surface area contributed by atoms with Crippen LogP contribution in [-0.2, 0) is 9.59 Å². The topological polar surface area (TPSA) is 107 Å². The van der Waals surface area contributed by atoms with E-state index in [1.165, 1.54) is 6.42 Å². The lowest BCUT2D eigenvalue weighted by molar-refractivity contribution is -0.128. The minimum atomic E-state index is -0.552. The number of hydrogen-bond donors (Lipinski definition) is 3. The number of fused-ring (bicyclic) bond motifs is 1. The first-order valence-electron chi connectivity index (χ1n) is 8.17. The highest BCUT2D eigenvalue weighted by Gasteiger charge is 2.21. The number of hydrogen-bond acceptors (Lipinski definition) is 4. The average Bonchev–Trinajstić information content (AvgIpc) is 2.93. The first-order chi connectivity index (χ1) is 11.6. The average molecular weight is 328 g/mol. The van der Waals surface area contributed by atoms with Crippen LogP contribution in [0.4, 0.5) is 5.69 Å². The van der Waals surface area contributed by atoms with E-state index >= 15 is 0 Å². The first-order valence-corrected chi connectivity index (χ1v) is 8.17. The van der Waals surface area contributed by atoms with Crippen molar-refractivity contribution in [3.8, 4) is 5.88 Å². The number of para-hydroxylation sites is 1. The van der Waals surface area contributed by atoms with Crippen LogP contribution in [0, 0.1) is 5.92 Å². The molecule has 0 atom stereocenters. The molecule has 1 aromatic heterocycles. The number of azo groups is 1. The van der Waals surface area contributed by atoms with Gasteiger partial charge in [-0.2, -0.15) is 0 Å². The summed E-state index contributed by atoms with van der Waals surface area (Å²) < 4.78 is 0. The minimum absolute atomic E-state index is 0.00107. The molecule has 0 unspecified atom stereocenters. The number of amides is 2. The van der Waals surface area contributed by atoms with E-state index in [1.807, 2.05) is 6.07 Å². The normalized spacial score (nSPS) is 15.8. The van der Waals surface area contributed by atoms with Gasteiger partial charge in [-0.3, -0.25) is 9.59 Å². The number of rotatable bonds is 4. The van der Waals surface area contributed by atoms with E-state index in [-0.39, 0.29) is 29.9 Å². The molecule has 1 aromatic carbocycles. The van der Waals surface area contributed by atoms with Gasteiger partial charge in [-0.05, 0) is 18.9 Å². The highest BCUT2D eigenvalue weighted by molar-refractivity contribution is 5.94. The van der Waals surface area contributed by atoms with Gasteiger partial charge in [0, 0.05) is 11.3 Å². The summed E-state index contributed by atoms with van der Waals surface area (Å²) in [6, 6.07) is 7.20. The van der Waals surface area contributed by atoms with Crippen LogP contribution in [0.1, 0.15) is 32.1 Å². The molecule has 3 N–H and O–H groups in total. The summed E-state index contributed by atoms with van der Waals surface area (Å²) in [5, 5.41) is 20.6. The SMILES string of the molecule is O=C(CNC(=O)C1CCCCC1)N=Nc1c(O)[nH]c2ccccc12. The van der Waals surface area contributed by atoms with Gasteiger partial charge in [0.05, 0.1) is 5.52 Å². The van der Waals surface area contributed by atoms with E-state index in [0.717, 1.165) is 25.7 Å². The fourth-order valence-electron chi connectivity index (χ4n) is 3.03. The Bertz CT molecular complexity index is 775. The van der Waals surface area contributed by atoms with E-state index in [4.69, 9.17) is 0 Å². The van der Waals surface area contributed by atoms with E-state index in [0.29, 0.717) is 10.9 Å². The van der Waals surface area contributed by atoms with Crippen LogP contribution < -0.4 is 5.32 Å². The van der Waals surface area contributed by atoms with Gasteiger partial charge in [0.15, 0.2) is 5.69 Å². The number of carbonyl (C=O) groups excluding carboxylic acids is 2. The van der Waals surface area contributed by atoms with Gasteiger partial charge in [0.2, 0.25) is 11.8 Å². The van der Waals surface area contributed by atoms with Gasteiger partial charge in [-0.25, -0.2) is 0 Å². The standard InChI is InChI=1S/C17H20N4O3/c22-14(10-18-16(23)11-6-2-1-3-7-11)20-21-15-12-8-4-5-9-13(12)19-17(15)24/h4-5,8-9,11,19,24H,1-3,6-7,10H2,(H,18,23). The first kappa shape index (κ1) is 16.2. The van der Waals surface area contributed by atoms with Crippen LogP contribution in [0.25, 0.3) is 10.9 Å². The van der Waals surface area contributed by atoms with Crippen molar-refractivity contribution in [2.45, 2.75) is 32.1 Å². The Hall–Kier alpha value is -2.70. The number of aromatic nitrogens is 1. The molecule has 0 radical (unpaired) electrons. The van der Waals surface area contributed by atoms with Gasteiger partial charge in [-0.1, -0.05) is 37.5 Å². The lowest BCUT2D eigenvalue weighted by Crippen LogP contribution is -2.35. The molecule has 1 aliphatic carbocycles. The molecule has 0 aliphatic heterocycles. The summed E-state index contributed by atoms with van der Waals surface area (Å²) >= 11 is 0. The van der Waals surface area contributed by atoms with Crippen molar-refractivity contribution < 1.29 is 14.7 Å². The second-order valence-corrected chi connectivity index (χ2v) is 6.01.